The molecular weight excluding hydrogens is 412 g/mol. The lowest BCUT2D eigenvalue weighted by molar-refractivity contribution is -0.136. The van der Waals surface area contributed by atoms with Gasteiger partial charge in [-0.05, 0) is 38.3 Å². The largest absolute Gasteiger partial charge is 0.352 e. The number of hydrogen-bond acceptors (Lipinski definition) is 5. The number of amides is 1. The monoisotopic (exact) mass is 446 g/mol. The van der Waals surface area contributed by atoms with Crippen molar-refractivity contribution in [1.29, 1.82) is 0 Å². The minimum absolute atomic E-state index is 0.235. The van der Waals surface area contributed by atoms with Crippen molar-refractivity contribution in [3.8, 4) is 5.69 Å². The average Bonchev–Trinajstić information content (AvgIpc) is 3.21. The van der Waals surface area contributed by atoms with Gasteiger partial charge in [0.05, 0.1) is 16.8 Å². The number of carbonyl (C=O) groups is 1. The lowest BCUT2D eigenvalue weighted by Gasteiger charge is -2.38. The fourth-order valence-corrected chi connectivity index (χ4v) is 5.27. The third-order valence-electron chi connectivity index (χ3n) is 7.05. The molecule has 174 valence electrons. The van der Waals surface area contributed by atoms with Crippen LogP contribution in [0.4, 0.5) is 5.82 Å². The van der Waals surface area contributed by atoms with Crippen LogP contribution in [-0.2, 0) is 11.2 Å². The fourth-order valence-electron chi connectivity index (χ4n) is 5.27. The zero-order valence-electron chi connectivity index (χ0n) is 19.8. The Morgan fingerprint density at radius 2 is 1.73 bits per heavy atom. The molecule has 3 heterocycles. The standard InChI is InChI=1S/C26H34N6O/c1-3-10-22-27-24(23-19(2)29-32(25(23)28-22)21-13-8-5-9-14-21)30-15-17-31(18-16-30)26(33)20-11-6-4-7-12-20/h5,8-9,13-14,20H,3-4,6-7,10-12,15-18H2,1-2H3. The molecule has 1 saturated heterocycles. The molecule has 1 saturated carbocycles. The second kappa shape index (κ2) is 9.49. The van der Waals surface area contributed by atoms with Gasteiger partial charge in [-0.1, -0.05) is 44.4 Å². The molecule has 2 fully saturated rings. The summed E-state index contributed by atoms with van der Waals surface area (Å²) in [6.07, 6.45) is 7.61. The van der Waals surface area contributed by atoms with E-state index in [0.29, 0.717) is 5.91 Å². The second-order valence-electron chi connectivity index (χ2n) is 9.39. The summed E-state index contributed by atoms with van der Waals surface area (Å²) < 4.78 is 1.94. The Bertz CT molecular complexity index is 1110. The van der Waals surface area contributed by atoms with E-state index in [2.05, 4.69) is 28.9 Å². The molecule has 3 aromatic rings. The summed E-state index contributed by atoms with van der Waals surface area (Å²) in [6.45, 7) is 7.31. The minimum Gasteiger partial charge on any atom is -0.352 e. The summed E-state index contributed by atoms with van der Waals surface area (Å²) in [5, 5.41) is 5.86. The predicted molar refractivity (Wildman–Crippen MR) is 131 cm³/mol. The molecule has 2 aromatic heterocycles. The van der Waals surface area contributed by atoms with E-state index in [-0.39, 0.29) is 5.92 Å². The maximum atomic E-state index is 13.0. The van der Waals surface area contributed by atoms with E-state index in [9.17, 15) is 4.79 Å². The summed E-state index contributed by atoms with van der Waals surface area (Å²) in [5.74, 6) is 2.42. The van der Waals surface area contributed by atoms with Crippen LogP contribution in [0.3, 0.4) is 0 Å². The molecule has 1 aliphatic carbocycles. The third kappa shape index (κ3) is 4.33. The average molecular weight is 447 g/mol. The molecule has 7 nitrogen and oxygen atoms in total. The van der Waals surface area contributed by atoms with Crippen molar-refractivity contribution >= 4 is 22.8 Å². The molecular formula is C26H34N6O. The van der Waals surface area contributed by atoms with Gasteiger partial charge < -0.3 is 9.80 Å². The van der Waals surface area contributed by atoms with E-state index in [4.69, 9.17) is 15.1 Å². The van der Waals surface area contributed by atoms with Crippen LogP contribution in [-0.4, -0.2) is 56.7 Å². The van der Waals surface area contributed by atoms with Gasteiger partial charge in [0.2, 0.25) is 5.91 Å². The molecule has 0 atom stereocenters. The highest BCUT2D eigenvalue weighted by molar-refractivity contribution is 5.91. The van der Waals surface area contributed by atoms with Gasteiger partial charge in [0.15, 0.2) is 5.65 Å². The van der Waals surface area contributed by atoms with Crippen molar-refractivity contribution in [3.05, 3.63) is 41.9 Å². The van der Waals surface area contributed by atoms with Gasteiger partial charge in [-0.2, -0.15) is 5.10 Å². The van der Waals surface area contributed by atoms with Crippen LogP contribution in [0.5, 0.6) is 0 Å². The Morgan fingerprint density at radius 3 is 2.42 bits per heavy atom. The third-order valence-corrected chi connectivity index (χ3v) is 7.05. The van der Waals surface area contributed by atoms with Gasteiger partial charge in [0.25, 0.3) is 0 Å². The quantitative estimate of drug-likeness (QED) is 0.584. The Balaban J connectivity index is 1.44. The number of aryl methyl sites for hydroxylation is 2. The number of para-hydroxylation sites is 1. The highest BCUT2D eigenvalue weighted by atomic mass is 16.2. The molecule has 7 heteroatoms. The Labute approximate surface area is 195 Å². The first-order valence-electron chi connectivity index (χ1n) is 12.5. The van der Waals surface area contributed by atoms with E-state index in [1.165, 1.54) is 19.3 Å². The summed E-state index contributed by atoms with van der Waals surface area (Å²) in [6, 6.07) is 10.2. The smallest absolute Gasteiger partial charge is 0.225 e. The number of carbonyl (C=O) groups excluding carboxylic acids is 1. The van der Waals surface area contributed by atoms with E-state index in [1.54, 1.807) is 0 Å². The SMILES string of the molecule is CCCc1nc(N2CCN(C(=O)C3CCCCC3)CC2)c2c(C)nn(-c3ccccc3)c2n1. The van der Waals surface area contributed by atoms with Gasteiger partial charge >= 0.3 is 0 Å². The molecule has 0 N–H and O–H groups in total. The van der Waals surface area contributed by atoms with Crippen molar-refractivity contribution < 1.29 is 4.79 Å². The number of hydrogen-bond donors (Lipinski definition) is 0. The number of fused-ring (bicyclic) bond motifs is 1. The lowest BCUT2D eigenvalue weighted by atomic mass is 9.88. The second-order valence-corrected chi connectivity index (χ2v) is 9.39. The molecule has 1 aromatic carbocycles. The number of aromatic nitrogens is 4. The zero-order chi connectivity index (χ0) is 22.8. The topological polar surface area (TPSA) is 67.2 Å². The summed E-state index contributed by atoms with van der Waals surface area (Å²) >= 11 is 0. The van der Waals surface area contributed by atoms with Gasteiger partial charge in [-0.3, -0.25) is 4.79 Å². The van der Waals surface area contributed by atoms with E-state index < -0.39 is 0 Å². The van der Waals surface area contributed by atoms with Crippen molar-refractivity contribution in [1.82, 2.24) is 24.6 Å². The van der Waals surface area contributed by atoms with Crippen LogP contribution in [0.15, 0.2) is 30.3 Å². The van der Waals surface area contributed by atoms with E-state index in [0.717, 1.165) is 85.9 Å². The van der Waals surface area contributed by atoms with Crippen molar-refractivity contribution in [2.45, 2.75) is 58.8 Å². The van der Waals surface area contributed by atoms with E-state index in [1.807, 2.05) is 29.8 Å². The molecule has 0 spiro atoms. The molecule has 2 aliphatic rings. The normalized spacial score (nSPS) is 17.6. The predicted octanol–water partition coefficient (Wildman–Crippen LogP) is 4.31. The van der Waals surface area contributed by atoms with Crippen LogP contribution in [0.1, 0.15) is 57.0 Å². The lowest BCUT2D eigenvalue weighted by Crippen LogP contribution is -2.51. The highest BCUT2D eigenvalue weighted by Gasteiger charge is 2.30. The first kappa shape index (κ1) is 21.9. The maximum absolute atomic E-state index is 13.0. The molecule has 0 bridgehead atoms. The van der Waals surface area contributed by atoms with Crippen LogP contribution in [0.2, 0.25) is 0 Å². The van der Waals surface area contributed by atoms with Gasteiger partial charge in [-0.25, -0.2) is 14.6 Å². The molecule has 5 rings (SSSR count). The van der Waals surface area contributed by atoms with E-state index >= 15 is 0 Å². The van der Waals surface area contributed by atoms with Crippen molar-refractivity contribution in [2.24, 2.45) is 5.92 Å². The first-order valence-corrected chi connectivity index (χ1v) is 12.5. The van der Waals surface area contributed by atoms with Gasteiger partial charge in [0.1, 0.15) is 11.6 Å². The molecule has 33 heavy (non-hydrogen) atoms. The highest BCUT2D eigenvalue weighted by Crippen LogP contribution is 2.31. The minimum atomic E-state index is 0.235. The number of nitrogens with zero attached hydrogens (tertiary/aromatic N) is 6. The number of rotatable bonds is 5. The fraction of sp³-hybridized carbons (Fsp3) is 0.538. The van der Waals surface area contributed by atoms with Crippen LogP contribution >= 0.6 is 0 Å². The molecule has 1 amide bonds. The Morgan fingerprint density at radius 1 is 1.00 bits per heavy atom. The van der Waals surface area contributed by atoms with Crippen LogP contribution < -0.4 is 4.90 Å². The number of anilines is 1. The number of piperazine rings is 1. The Hall–Kier alpha value is -2.96. The zero-order valence-corrected chi connectivity index (χ0v) is 19.8. The van der Waals surface area contributed by atoms with Gasteiger partial charge in [-0.15, -0.1) is 0 Å². The number of benzene rings is 1. The van der Waals surface area contributed by atoms with Crippen LogP contribution in [0.25, 0.3) is 16.7 Å². The summed E-state index contributed by atoms with van der Waals surface area (Å²) in [7, 11) is 0. The summed E-state index contributed by atoms with van der Waals surface area (Å²) in [4.78, 5) is 27.4. The summed E-state index contributed by atoms with van der Waals surface area (Å²) in [5.41, 5.74) is 2.81. The Kier molecular flexibility index (Phi) is 6.29. The maximum Gasteiger partial charge on any atom is 0.225 e. The van der Waals surface area contributed by atoms with Gasteiger partial charge in [0, 0.05) is 38.5 Å². The molecule has 1 aliphatic heterocycles. The van der Waals surface area contributed by atoms with Crippen molar-refractivity contribution in [2.75, 3.05) is 31.1 Å². The molecule has 0 radical (unpaired) electrons. The van der Waals surface area contributed by atoms with Crippen molar-refractivity contribution in [3.63, 3.8) is 0 Å². The van der Waals surface area contributed by atoms with Crippen LogP contribution in [0, 0.1) is 12.8 Å². The molecule has 0 unspecified atom stereocenters. The first-order chi connectivity index (χ1) is 16.2.